The maximum absolute atomic E-state index is 10.9. The van der Waals surface area contributed by atoms with Gasteiger partial charge in [-0.2, -0.15) is 0 Å². The Bertz CT molecular complexity index is 114. The Morgan fingerprint density at radius 3 is 3.00 bits per heavy atom. The van der Waals surface area contributed by atoms with Gasteiger partial charge in [-0.05, 0) is 12.8 Å². The normalized spacial score (nSPS) is 27.2. The third kappa shape index (κ3) is 1.89. The lowest BCUT2D eigenvalue weighted by Gasteiger charge is -2.01. The third-order valence-corrected chi connectivity index (χ3v) is 2.05. The highest BCUT2D eigenvalue weighted by atomic mass is 127. The van der Waals surface area contributed by atoms with Crippen molar-refractivity contribution in [3.05, 3.63) is 0 Å². The first kappa shape index (κ1) is 7.47. The molecule has 3 heteroatoms. The van der Waals surface area contributed by atoms with E-state index in [0.29, 0.717) is 12.4 Å². The van der Waals surface area contributed by atoms with Gasteiger partial charge in [0.15, 0.2) is 0 Å². The maximum atomic E-state index is 10.9. The van der Waals surface area contributed by atoms with Gasteiger partial charge in [0.1, 0.15) is 28.8 Å². The summed E-state index contributed by atoms with van der Waals surface area (Å²) in [5.74, 6) is 0.591. The van der Waals surface area contributed by atoms with E-state index in [9.17, 15) is 4.79 Å². The van der Waals surface area contributed by atoms with Crippen LogP contribution in [0.2, 0.25) is 0 Å². The molecule has 0 aromatic heterocycles. The van der Waals surface area contributed by atoms with Crippen LogP contribution in [0.25, 0.3) is 0 Å². The SMILES string of the molecule is O=C1CCC[C@H]1COI. The molecule has 1 rings (SSSR count). The Balaban J connectivity index is 2.31. The van der Waals surface area contributed by atoms with E-state index >= 15 is 0 Å². The highest BCUT2D eigenvalue weighted by molar-refractivity contribution is 14.1. The molecular weight excluding hydrogens is 231 g/mol. The van der Waals surface area contributed by atoms with E-state index in [4.69, 9.17) is 3.07 Å². The second kappa shape index (κ2) is 3.51. The van der Waals surface area contributed by atoms with Crippen molar-refractivity contribution in [2.75, 3.05) is 6.61 Å². The largest absolute Gasteiger partial charge is 0.315 e. The number of hydrogen-bond acceptors (Lipinski definition) is 2. The fourth-order valence-corrected chi connectivity index (χ4v) is 1.57. The molecule has 2 nitrogen and oxygen atoms in total. The van der Waals surface area contributed by atoms with Crippen LogP contribution in [0, 0.1) is 5.92 Å². The Labute approximate surface area is 68.6 Å². The Morgan fingerprint density at radius 1 is 1.78 bits per heavy atom. The van der Waals surface area contributed by atoms with E-state index in [1.165, 1.54) is 0 Å². The minimum absolute atomic E-state index is 0.210. The minimum Gasteiger partial charge on any atom is -0.315 e. The molecule has 0 bridgehead atoms. The van der Waals surface area contributed by atoms with Crippen molar-refractivity contribution in [1.82, 2.24) is 0 Å². The van der Waals surface area contributed by atoms with Gasteiger partial charge in [-0.15, -0.1) is 0 Å². The quantitative estimate of drug-likeness (QED) is 0.687. The van der Waals surface area contributed by atoms with Gasteiger partial charge in [-0.25, -0.2) is 0 Å². The molecule has 52 valence electrons. The van der Waals surface area contributed by atoms with Crippen molar-refractivity contribution in [2.24, 2.45) is 5.92 Å². The van der Waals surface area contributed by atoms with Crippen molar-refractivity contribution in [3.63, 3.8) is 0 Å². The van der Waals surface area contributed by atoms with Crippen LogP contribution in [0.5, 0.6) is 0 Å². The lowest BCUT2D eigenvalue weighted by molar-refractivity contribution is -0.121. The first-order valence-corrected chi connectivity index (χ1v) is 3.99. The van der Waals surface area contributed by atoms with Crippen LogP contribution in [0.4, 0.5) is 0 Å². The number of ketones is 1. The van der Waals surface area contributed by atoms with Gasteiger partial charge in [0.05, 0.1) is 6.61 Å². The van der Waals surface area contributed by atoms with E-state index in [1.54, 1.807) is 0 Å². The number of hydrogen-bond donors (Lipinski definition) is 0. The monoisotopic (exact) mass is 240 g/mol. The van der Waals surface area contributed by atoms with Crippen LogP contribution in [-0.4, -0.2) is 12.4 Å². The lowest BCUT2D eigenvalue weighted by Crippen LogP contribution is -2.10. The van der Waals surface area contributed by atoms with Crippen LogP contribution in [0.15, 0.2) is 0 Å². The number of Topliss-reactive ketones (excluding diaryl/α,β-unsaturated/α-hetero) is 1. The summed E-state index contributed by atoms with van der Waals surface area (Å²) < 4.78 is 4.85. The first-order chi connectivity index (χ1) is 4.34. The van der Waals surface area contributed by atoms with E-state index in [-0.39, 0.29) is 5.92 Å². The number of carbonyl (C=O) groups excluding carboxylic acids is 1. The molecule has 1 fully saturated rings. The molecule has 0 amide bonds. The Morgan fingerprint density at radius 2 is 2.56 bits per heavy atom. The Kier molecular flexibility index (Phi) is 2.91. The summed E-state index contributed by atoms with van der Waals surface area (Å²) in [4.78, 5) is 10.9. The van der Waals surface area contributed by atoms with Crippen molar-refractivity contribution >= 4 is 28.8 Å². The molecule has 0 aromatic rings. The van der Waals surface area contributed by atoms with Crippen LogP contribution in [-0.2, 0) is 7.86 Å². The zero-order chi connectivity index (χ0) is 6.69. The molecule has 1 atom stereocenters. The van der Waals surface area contributed by atoms with Gasteiger partial charge in [0.25, 0.3) is 0 Å². The van der Waals surface area contributed by atoms with Gasteiger partial charge >= 0.3 is 0 Å². The molecule has 0 aliphatic heterocycles. The summed E-state index contributed by atoms with van der Waals surface area (Å²) in [5, 5.41) is 0. The maximum Gasteiger partial charge on any atom is 0.138 e. The summed E-state index contributed by atoms with van der Waals surface area (Å²) in [6, 6.07) is 0. The highest BCUT2D eigenvalue weighted by Crippen LogP contribution is 2.21. The zero-order valence-corrected chi connectivity index (χ0v) is 7.26. The van der Waals surface area contributed by atoms with Crippen molar-refractivity contribution in [2.45, 2.75) is 19.3 Å². The lowest BCUT2D eigenvalue weighted by atomic mass is 10.1. The predicted octanol–water partition coefficient (Wildman–Crippen LogP) is 1.72. The molecular formula is C6H9IO2. The van der Waals surface area contributed by atoms with Crippen molar-refractivity contribution in [1.29, 1.82) is 0 Å². The van der Waals surface area contributed by atoms with E-state index < -0.39 is 0 Å². The van der Waals surface area contributed by atoms with E-state index in [0.717, 1.165) is 19.3 Å². The number of rotatable bonds is 2. The van der Waals surface area contributed by atoms with Crippen LogP contribution in [0.1, 0.15) is 19.3 Å². The second-order valence-corrected chi connectivity index (χ2v) is 2.95. The first-order valence-electron chi connectivity index (χ1n) is 3.11. The highest BCUT2D eigenvalue weighted by Gasteiger charge is 2.23. The smallest absolute Gasteiger partial charge is 0.138 e. The number of carbonyl (C=O) groups is 1. The molecule has 0 unspecified atom stereocenters. The summed E-state index contributed by atoms with van der Waals surface area (Å²) in [6.07, 6.45) is 2.86. The fraction of sp³-hybridized carbons (Fsp3) is 0.833. The van der Waals surface area contributed by atoms with Gasteiger partial charge in [0.2, 0.25) is 0 Å². The molecule has 0 heterocycles. The standard InChI is InChI=1S/C6H9IO2/c7-9-4-5-2-1-3-6(5)8/h5H,1-4H2/t5-/m0/s1. The summed E-state index contributed by atoms with van der Waals surface area (Å²) >= 11 is 1.83. The number of halogens is 1. The van der Waals surface area contributed by atoms with Gasteiger partial charge < -0.3 is 3.07 Å². The van der Waals surface area contributed by atoms with Crippen molar-refractivity contribution < 1.29 is 7.86 Å². The molecule has 0 aromatic carbocycles. The fourth-order valence-electron chi connectivity index (χ4n) is 1.14. The van der Waals surface area contributed by atoms with Crippen LogP contribution in [0.3, 0.4) is 0 Å². The van der Waals surface area contributed by atoms with E-state index in [2.05, 4.69) is 0 Å². The van der Waals surface area contributed by atoms with Gasteiger partial charge in [0, 0.05) is 12.3 Å². The average molecular weight is 240 g/mol. The molecule has 0 saturated heterocycles. The Hall–Kier alpha value is 0.360. The molecule has 1 aliphatic rings. The molecule has 1 aliphatic carbocycles. The predicted molar refractivity (Wildman–Crippen MR) is 42.3 cm³/mol. The molecule has 9 heavy (non-hydrogen) atoms. The van der Waals surface area contributed by atoms with E-state index in [1.807, 2.05) is 23.0 Å². The van der Waals surface area contributed by atoms with Gasteiger partial charge in [-0.3, -0.25) is 4.79 Å². The molecule has 0 radical (unpaired) electrons. The second-order valence-electron chi connectivity index (χ2n) is 2.33. The summed E-state index contributed by atoms with van der Waals surface area (Å²) in [6.45, 7) is 0.611. The third-order valence-electron chi connectivity index (χ3n) is 1.70. The summed E-state index contributed by atoms with van der Waals surface area (Å²) in [5.41, 5.74) is 0. The zero-order valence-electron chi connectivity index (χ0n) is 5.10. The van der Waals surface area contributed by atoms with Gasteiger partial charge in [-0.1, -0.05) is 0 Å². The molecule has 1 saturated carbocycles. The summed E-state index contributed by atoms with van der Waals surface area (Å²) in [7, 11) is 0. The topological polar surface area (TPSA) is 26.3 Å². The van der Waals surface area contributed by atoms with Crippen LogP contribution < -0.4 is 0 Å². The molecule has 0 N–H and O–H groups in total. The molecule has 0 spiro atoms. The minimum atomic E-state index is 0.210. The van der Waals surface area contributed by atoms with Crippen molar-refractivity contribution in [3.8, 4) is 0 Å². The van der Waals surface area contributed by atoms with Crippen LogP contribution >= 0.6 is 23.0 Å². The average Bonchev–Trinajstić information content (AvgIpc) is 2.18.